The van der Waals surface area contributed by atoms with Crippen molar-refractivity contribution in [2.75, 3.05) is 32.7 Å². The standard InChI is InChI=1S/C15H27N5S/c1-3-16-15(19-12-14-11-18-13(2)21-14)17-7-10-20-8-5-4-6-9-20/h11H,3-10,12H2,1-2H3,(H2,16,17,19). The van der Waals surface area contributed by atoms with Gasteiger partial charge in [0.05, 0.1) is 11.6 Å². The van der Waals surface area contributed by atoms with Crippen molar-refractivity contribution >= 4 is 17.3 Å². The van der Waals surface area contributed by atoms with E-state index < -0.39 is 0 Å². The van der Waals surface area contributed by atoms with Crippen LogP contribution in [-0.4, -0.2) is 48.6 Å². The van der Waals surface area contributed by atoms with Gasteiger partial charge in [-0.1, -0.05) is 6.42 Å². The molecular formula is C15H27N5S. The quantitative estimate of drug-likeness (QED) is 0.623. The van der Waals surface area contributed by atoms with Crippen LogP contribution in [0.4, 0.5) is 0 Å². The van der Waals surface area contributed by atoms with E-state index in [1.807, 2.05) is 13.1 Å². The fraction of sp³-hybridized carbons (Fsp3) is 0.733. The summed E-state index contributed by atoms with van der Waals surface area (Å²) < 4.78 is 0. The van der Waals surface area contributed by atoms with Crippen LogP contribution in [0.15, 0.2) is 11.2 Å². The van der Waals surface area contributed by atoms with E-state index in [0.29, 0.717) is 6.54 Å². The first kappa shape index (κ1) is 16.2. The van der Waals surface area contributed by atoms with Gasteiger partial charge in [0.1, 0.15) is 0 Å². The molecule has 1 aliphatic rings. The van der Waals surface area contributed by atoms with Crippen LogP contribution in [0, 0.1) is 6.92 Å². The first-order chi connectivity index (χ1) is 10.3. The minimum absolute atomic E-state index is 0.699. The average molecular weight is 309 g/mol. The van der Waals surface area contributed by atoms with E-state index in [4.69, 9.17) is 0 Å². The zero-order valence-corrected chi connectivity index (χ0v) is 14.0. The highest BCUT2D eigenvalue weighted by molar-refractivity contribution is 7.11. The maximum Gasteiger partial charge on any atom is 0.191 e. The van der Waals surface area contributed by atoms with Crippen molar-refractivity contribution in [3.8, 4) is 0 Å². The smallest absolute Gasteiger partial charge is 0.191 e. The maximum absolute atomic E-state index is 4.63. The normalized spacial score (nSPS) is 17.0. The molecule has 0 aromatic carbocycles. The summed E-state index contributed by atoms with van der Waals surface area (Å²) in [5.41, 5.74) is 0. The second kappa shape index (κ2) is 9.00. The number of thiazole rings is 1. The Morgan fingerprint density at radius 1 is 1.33 bits per heavy atom. The molecule has 0 bridgehead atoms. The lowest BCUT2D eigenvalue weighted by Crippen LogP contribution is -2.42. The monoisotopic (exact) mass is 309 g/mol. The summed E-state index contributed by atoms with van der Waals surface area (Å²) in [7, 11) is 0. The molecule has 6 heteroatoms. The van der Waals surface area contributed by atoms with E-state index in [2.05, 4.69) is 32.4 Å². The molecule has 0 aliphatic carbocycles. The third-order valence-corrected chi connectivity index (χ3v) is 4.47. The Bertz CT molecular complexity index is 437. The van der Waals surface area contributed by atoms with Crippen LogP contribution >= 0.6 is 11.3 Å². The number of hydrogen-bond acceptors (Lipinski definition) is 4. The predicted octanol–water partition coefficient (Wildman–Crippen LogP) is 1.99. The zero-order valence-electron chi connectivity index (χ0n) is 13.2. The number of hydrogen-bond donors (Lipinski definition) is 2. The molecule has 0 unspecified atom stereocenters. The summed E-state index contributed by atoms with van der Waals surface area (Å²) in [6.45, 7) is 10.3. The van der Waals surface area contributed by atoms with E-state index in [0.717, 1.165) is 30.6 Å². The first-order valence-electron chi connectivity index (χ1n) is 7.94. The summed E-state index contributed by atoms with van der Waals surface area (Å²) in [4.78, 5) is 12.6. The molecule has 118 valence electrons. The summed E-state index contributed by atoms with van der Waals surface area (Å²) in [6.07, 6.45) is 6.00. The van der Waals surface area contributed by atoms with Crippen LogP contribution in [0.1, 0.15) is 36.1 Å². The van der Waals surface area contributed by atoms with Gasteiger partial charge in [-0.3, -0.25) is 0 Å². The van der Waals surface area contributed by atoms with Gasteiger partial charge in [-0.15, -0.1) is 11.3 Å². The Morgan fingerprint density at radius 2 is 2.14 bits per heavy atom. The Balaban J connectivity index is 1.74. The first-order valence-corrected chi connectivity index (χ1v) is 8.75. The number of aromatic nitrogens is 1. The molecule has 0 atom stereocenters. The number of likely N-dealkylation sites (tertiary alicyclic amines) is 1. The fourth-order valence-electron chi connectivity index (χ4n) is 2.49. The van der Waals surface area contributed by atoms with Crippen LogP contribution < -0.4 is 10.6 Å². The molecule has 0 radical (unpaired) electrons. The van der Waals surface area contributed by atoms with Crippen molar-refractivity contribution in [1.82, 2.24) is 20.5 Å². The van der Waals surface area contributed by atoms with E-state index in [1.54, 1.807) is 11.3 Å². The molecule has 1 aromatic rings. The molecule has 1 aliphatic heterocycles. The highest BCUT2D eigenvalue weighted by atomic mass is 32.1. The highest BCUT2D eigenvalue weighted by Gasteiger charge is 2.09. The molecule has 0 spiro atoms. The fourth-order valence-corrected chi connectivity index (χ4v) is 3.21. The molecule has 0 saturated carbocycles. The Hall–Kier alpha value is -1.14. The number of aryl methyl sites for hydroxylation is 1. The third-order valence-electron chi connectivity index (χ3n) is 3.58. The lowest BCUT2D eigenvalue weighted by molar-refractivity contribution is 0.232. The summed E-state index contributed by atoms with van der Waals surface area (Å²) in [5, 5.41) is 7.83. The summed E-state index contributed by atoms with van der Waals surface area (Å²) in [5.74, 6) is 0.903. The van der Waals surface area contributed by atoms with Gasteiger partial charge in [0.15, 0.2) is 5.96 Å². The molecule has 1 fully saturated rings. The minimum Gasteiger partial charge on any atom is -0.357 e. The second-order valence-corrected chi connectivity index (χ2v) is 6.69. The number of guanidine groups is 1. The Kier molecular flexibility index (Phi) is 6.95. The summed E-state index contributed by atoms with van der Waals surface area (Å²) in [6, 6.07) is 0. The second-order valence-electron chi connectivity index (χ2n) is 5.37. The van der Waals surface area contributed by atoms with Crippen molar-refractivity contribution in [3.63, 3.8) is 0 Å². The van der Waals surface area contributed by atoms with Crippen LogP contribution in [0.3, 0.4) is 0 Å². The van der Waals surface area contributed by atoms with E-state index in [9.17, 15) is 0 Å². The molecule has 5 nitrogen and oxygen atoms in total. The molecule has 2 rings (SSSR count). The molecule has 2 N–H and O–H groups in total. The molecule has 0 amide bonds. The SMILES string of the molecule is CCNC(=NCc1cnc(C)s1)NCCN1CCCCC1. The topological polar surface area (TPSA) is 52.6 Å². The lowest BCUT2D eigenvalue weighted by atomic mass is 10.1. The molecule has 2 heterocycles. The van der Waals surface area contributed by atoms with Gasteiger partial charge < -0.3 is 15.5 Å². The van der Waals surface area contributed by atoms with Crippen molar-refractivity contribution < 1.29 is 0 Å². The van der Waals surface area contributed by atoms with Crippen molar-refractivity contribution in [3.05, 3.63) is 16.1 Å². The molecule has 21 heavy (non-hydrogen) atoms. The number of piperidine rings is 1. The molecule has 1 aromatic heterocycles. The van der Waals surface area contributed by atoms with Crippen molar-refractivity contribution in [1.29, 1.82) is 0 Å². The van der Waals surface area contributed by atoms with Crippen molar-refractivity contribution in [2.24, 2.45) is 4.99 Å². The summed E-state index contributed by atoms with van der Waals surface area (Å²) >= 11 is 1.71. The largest absolute Gasteiger partial charge is 0.357 e. The molecular weight excluding hydrogens is 282 g/mol. The lowest BCUT2D eigenvalue weighted by Gasteiger charge is -2.26. The van der Waals surface area contributed by atoms with Gasteiger partial charge in [-0.25, -0.2) is 9.98 Å². The molecule has 1 saturated heterocycles. The van der Waals surface area contributed by atoms with Crippen LogP contribution in [0.25, 0.3) is 0 Å². The van der Waals surface area contributed by atoms with Gasteiger partial charge >= 0.3 is 0 Å². The van der Waals surface area contributed by atoms with Crippen LogP contribution in [-0.2, 0) is 6.54 Å². The van der Waals surface area contributed by atoms with E-state index in [1.165, 1.54) is 37.2 Å². The maximum atomic E-state index is 4.63. The van der Waals surface area contributed by atoms with E-state index in [-0.39, 0.29) is 0 Å². The minimum atomic E-state index is 0.699. The van der Waals surface area contributed by atoms with Crippen molar-refractivity contribution in [2.45, 2.75) is 39.7 Å². The van der Waals surface area contributed by atoms with Gasteiger partial charge in [0.2, 0.25) is 0 Å². The van der Waals surface area contributed by atoms with Crippen LogP contribution in [0.2, 0.25) is 0 Å². The van der Waals surface area contributed by atoms with Gasteiger partial charge in [0, 0.05) is 30.7 Å². The zero-order chi connectivity index (χ0) is 14.9. The van der Waals surface area contributed by atoms with Gasteiger partial charge in [0.25, 0.3) is 0 Å². The van der Waals surface area contributed by atoms with Gasteiger partial charge in [-0.05, 0) is 39.8 Å². The van der Waals surface area contributed by atoms with Gasteiger partial charge in [-0.2, -0.15) is 0 Å². The van der Waals surface area contributed by atoms with Crippen LogP contribution in [0.5, 0.6) is 0 Å². The number of rotatable bonds is 6. The third kappa shape index (κ3) is 6.01. The Morgan fingerprint density at radius 3 is 2.81 bits per heavy atom. The number of nitrogens with one attached hydrogen (secondary N) is 2. The number of nitrogens with zero attached hydrogens (tertiary/aromatic N) is 3. The Labute approximate surface area is 131 Å². The van der Waals surface area contributed by atoms with E-state index >= 15 is 0 Å². The predicted molar refractivity (Wildman–Crippen MR) is 90.0 cm³/mol. The highest BCUT2D eigenvalue weighted by Crippen LogP contribution is 2.12. The average Bonchev–Trinajstić information content (AvgIpc) is 2.91. The number of aliphatic imine (C=N–C) groups is 1.